The molecular formula is C14H31N3. The summed E-state index contributed by atoms with van der Waals surface area (Å²) < 4.78 is 0. The molecule has 1 aliphatic heterocycles. The summed E-state index contributed by atoms with van der Waals surface area (Å²) >= 11 is 0. The van der Waals surface area contributed by atoms with Crippen LogP contribution < -0.4 is 10.6 Å². The highest BCUT2D eigenvalue weighted by atomic mass is 15.2. The Morgan fingerprint density at radius 3 is 2.24 bits per heavy atom. The summed E-state index contributed by atoms with van der Waals surface area (Å²) in [4.78, 5) is 2.55. The molecule has 2 N–H and O–H groups in total. The predicted octanol–water partition coefficient (Wildman–Crippen LogP) is 1.69. The van der Waals surface area contributed by atoms with Gasteiger partial charge < -0.3 is 10.6 Å². The first-order valence-electron chi connectivity index (χ1n) is 7.28. The van der Waals surface area contributed by atoms with Gasteiger partial charge in [0.2, 0.25) is 0 Å². The standard InChI is InChI=1S/C14H31N3/c1-12(2)17(13(3)4)10-9-16-11-14-5-7-15-8-6-14/h12-16H,5-11H2,1-4H3. The van der Waals surface area contributed by atoms with E-state index >= 15 is 0 Å². The third kappa shape index (κ3) is 5.84. The monoisotopic (exact) mass is 241 g/mol. The molecule has 1 heterocycles. The average Bonchev–Trinajstić information content (AvgIpc) is 2.29. The van der Waals surface area contributed by atoms with Crippen LogP contribution in [-0.4, -0.2) is 49.7 Å². The van der Waals surface area contributed by atoms with E-state index in [4.69, 9.17) is 0 Å². The second-order valence-corrected chi connectivity index (χ2v) is 5.82. The highest BCUT2D eigenvalue weighted by molar-refractivity contribution is 4.72. The molecule has 0 amide bonds. The lowest BCUT2D eigenvalue weighted by molar-refractivity contribution is 0.174. The second kappa shape index (κ2) is 8.06. The van der Waals surface area contributed by atoms with Gasteiger partial charge in [-0.3, -0.25) is 4.90 Å². The zero-order valence-electron chi connectivity index (χ0n) is 12.1. The Balaban J connectivity index is 2.09. The maximum absolute atomic E-state index is 3.63. The molecule has 3 nitrogen and oxygen atoms in total. The topological polar surface area (TPSA) is 27.3 Å². The molecule has 3 heteroatoms. The lowest BCUT2D eigenvalue weighted by atomic mass is 9.98. The summed E-state index contributed by atoms with van der Waals surface area (Å²) in [6.45, 7) is 15.0. The first-order valence-corrected chi connectivity index (χ1v) is 7.28. The van der Waals surface area contributed by atoms with Crippen molar-refractivity contribution in [3.63, 3.8) is 0 Å². The highest BCUT2D eigenvalue weighted by Crippen LogP contribution is 2.09. The zero-order chi connectivity index (χ0) is 12.7. The SMILES string of the molecule is CC(C)N(CCNCC1CCNCC1)C(C)C. The fourth-order valence-corrected chi connectivity index (χ4v) is 2.71. The zero-order valence-corrected chi connectivity index (χ0v) is 12.1. The van der Waals surface area contributed by atoms with E-state index in [0.717, 1.165) is 12.5 Å². The molecule has 102 valence electrons. The average molecular weight is 241 g/mol. The fourth-order valence-electron chi connectivity index (χ4n) is 2.71. The maximum Gasteiger partial charge on any atom is 0.0112 e. The predicted molar refractivity (Wildman–Crippen MR) is 75.4 cm³/mol. The molecule has 1 fully saturated rings. The van der Waals surface area contributed by atoms with E-state index in [1.54, 1.807) is 0 Å². The van der Waals surface area contributed by atoms with E-state index < -0.39 is 0 Å². The van der Waals surface area contributed by atoms with Gasteiger partial charge in [0.1, 0.15) is 0 Å². The lowest BCUT2D eigenvalue weighted by Crippen LogP contribution is -2.42. The molecule has 0 unspecified atom stereocenters. The molecule has 0 aromatic carbocycles. The second-order valence-electron chi connectivity index (χ2n) is 5.82. The Hall–Kier alpha value is -0.120. The molecule has 0 spiro atoms. The minimum absolute atomic E-state index is 0.649. The molecule has 0 radical (unpaired) electrons. The number of hydrogen-bond acceptors (Lipinski definition) is 3. The van der Waals surface area contributed by atoms with Crippen LogP contribution in [0.5, 0.6) is 0 Å². The van der Waals surface area contributed by atoms with Crippen LogP contribution >= 0.6 is 0 Å². The third-order valence-corrected chi connectivity index (χ3v) is 3.77. The van der Waals surface area contributed by atoms with Gasteiger partial charge in [0, 0.05) is 25.2 Å². The van der Waals surface area contributed by atoms with Crippen molar-refractivity contribution in [3.8, 4) is 0 Å². The fraction of sp³-hybridized carbons (Fsp3) is 1.00. The van der Waals surface area contributed by atoms with Gasteiger partial charge in [-0.2, -0.15) is 0 Å². The van der Waals surface area contributed by atoms with Crippen molar-refractivity contribution < 1.29 is 0 Å². The van der Waals surface area contributed by atoms with Crippen molar-refractivity contribution in [2.75, 3.05) is 32.7 Å². The molecule has 17 heavy (non-hydrogen) atoms. The van der Waals surface area contributed by atoms with E-state index in [9.17, 15) is 0 Å². The van der Waals surface area contributed by atoms with Crippen molar-refractivity contribution in [3.05, 3.63) is 0 Å². The Bertz CT molecular complexity index is 178. The molecule has 0 bridgehead atoms. The Kier molecular flexibility index (Phi) is 7.09. The first-order chi connectivity index (χ1) is 8.11. The quantitative estimate of drug-likeness (QED) is 0.664. The van der Waals surface area contributed by atoms with Crippen molar-refractivity contribution in [1.29, 1.82) is 0 Å². The minimum atomic E-state index is 0.649. The Labute approximate surface area is 107 Å². The smallest absolute Gasteiger partial charge is 0.0112 e. The van der Waals surface area contributed by atoms with Crippen LogP contribution in [0.15, 0.2) is 0 Å². The van der Waals surface area contributed by atoms with Crippen LogP contribution in [0.2, 0.25) is 0 Å². The van der Waals surface area contributed by atoms with Crippen molar-refractivity contribution in [1.82, 2.24) is 15.5 Å². The molecule has 0 aliphatic carbocycles. The lowest BCUT2D eigenvalue weighted by Gasteiger charge is -2.31. The summed E-state index contributed by atoms with van der Waals surface area (Å²) in [6.07, 6.45) is 2.68. The van der Waals surface area contributed by atoms with E-state index in [1.165, 1.54) is 39.0 Å². The van der Waals surface area contributed by atoms with E-state index in [2.05, 4.69) is 43.2 Å². The van der Waals surface area contributed by atoms with Gasteiger partial charge in [-0.05, 0) is 66.1 Å². The van der Waals surface area contributed by atoms with Crippen molar-refractivity contribution in [2.24, 2.45) is 5.92 Å². The number of hydrogen-bond donors (Lipinski definition) is 2. The summed E-state index contributed by atoms with van der Waals surface area (Å²) in [5.74, 6) is 0.891. The molecule has 0 aromatic heterocycles. The highest BCUT2D eigenvalue weighted by Gasteiger charge is 2.14. The van der Waals surface area contributed by atoms with Gasteiger partial charge >= 0.3 is 0 Å². The van der Waals surface area contributed by atoms with E-state index in [-0.39, 0.29) is 0 Å². The van der Waals surface area contributed by atoms with Gasteiger partial charge in [0.15, 0.2) is 0 Å². The first kappa shape index (κ1) is 14.9. The number of nitrogens with zero attached hydrogens (tertiary/aromatic N) is 1. The number of nitrogens with one attached hydrogen (secondary N) is 2. The normalized spacial score (nSPS) is 18.5. The molecule has 0 atom stereocenters. The van der Waals surface area contributed by atoms with Crippen LogP contribution in [0.4, 0.5) is 0 Å². The summed E-state index contributed by atoms with van der Waals surface area (Å²) in [6, 6.07) is 1.30. The largest absolute Gasteiger partial charge is 0.317 e. The van der Waals surface area contributed by atoms with Gasteiger partial charge in [-0.25, -0.2) is 0 Å². The molecule has 1 saturated heterocycles. The molecule has 1 aliphatic rings. The van der Waals surface area contributed by atoms with Crippen LogP contribution in [0.3, 0.4) is 0 Å². The van der Waals surface area contributed by atoms with Crippen LogP contribution in [0.1, 0.15) is 40.5 Å². The summed E-state index contributed by atoms with van der Waals surface area (Å²) in [5.41, 5.74) is 0. The van der Waals surface area contributed by atoms with Crippen LogP contribution in [0, 0.1) is 5.92 Å². The summed E-state index contributed by atoms with van der Waals surface area (Å²) in [7, 11) is 0. The Morgan fingerprint density at radius 2 is 1.71 bits per heavy atom. The molecule has 0 aromatic rings. The van der Waals surface area contributed by atoms with Crippen LogP contribution in [-0.2, 0) is 0 Å². The maximum atomic E-state index is 3.63. The van der Waals surface area contributed by atoms with Gasteiger partial charge in [-0.15, -0.1) is 0 Å². The van der Waals surface area contributed by atoms with Crippen molar-refractivity contribution in [2.45, 2.75) is 52.6 Å². The minimum Gasteiger partial charge on any atom is -0.317 e. The summed E-state index contributed by atoms with van der Waals surface area (Å²) in [5, 5.41) is 7.04. The number of piperidine rings is 1. The van der Waals surface area contributed by atoms with Gasteiger partial charge in [0.25, 0.3) is 0 Å². The Morgan fingerprint density at radius 1 is 1.12 bits per heavy atom. The third-order valence-electron chi connectivity index (χ3n) is 3.77. The van der Waals surface area contributed by atoms with Crippen LogP contribution in [0.25, 0.3) is 0 Å². The number of rotatable bonds is 7. The molecular weight excluding hydrogens is 210 g/mol. The molecule has 0 saturated carbocycles. The van der Waals surface area contributed by atoms with E-state index in [0.29, 0.717) is 12.1 Å². The molecule has 1 rings (SSSR count). The van der Waals surface area contributed by atoms with Crippen molar-refractivity contribution >= 4 is 0 Å². The van der Waals surface area contributed by atoms with Gasteiger partial charge in [-0.1, -0.05) is 0 Å². The van der Waals surface area contributed by atoms with Gasteiger partial charge in [0.05, 0.1) is 0 Å². The van der Waals surface area contributed by atoms with E-state index in [1.807, 2.05) is 0 Å².